The molecule has 0 aliphatic rings. The lowest BCUT2D eigenvalue weighted by molar-refractivity contribution is -0.138. The summed E-state index contributed by atoms with van der Waals surface area (Å²) in [5.41, 5.74) is 10.0. The standard InChI is InChI=1S/C28H31NO2/c1-19(2)28(30)31-16-15-24-9-13-25(14-10-24)29(26-11-7-20(3)22(5)17-26)27-12-8-21(4)23(6)18-27/h7-14,17-18H,1,15-16H2,2-6H3. The van der Waals surface area contributed by atoms with E-state index < -0.39 is 0 Å². The minimum atomic E-state index is -0.340. The Morgan fingerprint density at radius 2 is 1.26 bits per heavy atom. The number of carbonyl (C=O) groups is 1. The largest absolute Gasteiger partial charge is 0.462 e. The maximum atomic E-state index is 11.6. The second kappa shape index (κ2) is 9.65. The molecule has 0 bridgehead atoms. The molecule has 0 unspecified atom stereocenters. The fourth-order valence-corrected chi connectivity index (χ4v) is 3.37. The number of benzene rings is 3. The third-order valence-corrected chi connectivity index (χ3v) is 5.66. The molecule has 0 fully saturated rings. The second-order valence-electron chi connectivity index (χ2n) is 8.21. The van der Waals surface area contributed by atoms with Gasteiger partial charge in [-0.05, 0) is 98.8 Å². The highest BCUT2D eigenvalue weighted by molar-refractivity contribution is 5.86. The fourth-order valence-electron chi connectivity index (χ4n) is 3.37. The maximum Gasteiger partial charge on any atom is 0.333 e. The molecule has 3 aromatic carbocycles. The molecule has 0 saturated heterocycles. The number of anilines is 3. The third-order valence-electron chi connectivity index (χ3n) is 5.66. The number of nitrogens with zero attached hydrogens (tertiary/aromatic N) is 1. The third kappa shape index (κ3) is 5.43. The highest BCUT2D eigenvalue weighted by Gasteiger charge is 2.14. The zero-order valence-electron chi connectivity index (χ0n) is 19.2. The van der Waals surface area contributed by atoms with E-state index >= 15 is 0 Å². The molecule has 0 aliphatic heterocycles. The van der Waals surface area contributed by atoms with Crippen molar-refractivity contribution in [1.82, 2.24) is 0 Å². The molecule has 0 heterocycles. The molecule has 0 N–H and O–H groups in total. The first-order chi connectivity index (χ1) is 14.8. The van der Waals surface area contributed by atoms with Crippen LogP contribution in [0.25, 0.3) is 0 Å². The summed E-state index contributed by atoms with van der Waals surface area (Å²) in [4.78, 5) is 13.8. The van der Waals surface area contributed by atoms with Crippen LogP contribution >= 0.6 is 0 Å². The number of esters is 1. The van der Waals surface area contributed by atoms with Crippen molar-refractivity contribution in [3.05, 3.63) is 101 Å². The van der Waals surface area contributed by atoms with Gasteiger partial charge in [-0.2, -0.15) is 0 Å². The lowest BCUT2D eigenvalue weighted by Crippen LogP contribution is -2.11. The van der Waals surface area contributed by atoms with Gasteiger partial charge in [-0.15, -0.1) is 0 Å². The van der Waals surface area contributed by atoms with Gasteiger partial charge in [-0.1, -0.05) is 30.8 Å². The summed E-state index contributed by atoms with van der Waals surface area (Å²) >= 11 is 0. The van der Waals surface area contributed by atoms with Gasteiger partial charge in [0.15, 0.2) is 0 Å². The summed E-state index contributed by atoms with van der Waals surface area (Å²) in [6.45, 7) is 14.2. The van der Waals surface area contributed by atoms with Crippen LogP contribution in [0, 0.1) is 27.7 Å². The summed E-state index contributed by atoms with van der Waals surface area (Å²) < 4.78 is 5.22. The monoisotopic (exact) mass is 413 g/mol. The normalized spacial score (nSPS) is 10.6. The summed E-state index contributed by atoms with van der Waals surface area (Å²) in [6, 6.07) is 21.6. The molecule has 31 heavy (non-hydrogen) atoms. The van der Waals surface area contributed by atoms with Crippen molar-refractivity contribution in [2.24, 2.45) is 0 Å². The highest BCUT2D eigenvalue weighted by atomic mass is 16.5. The van der Waals surface area contributed by atoms with Crippen molar-refractivity contribution in [3.63, 3.8) is 0 Å². The molecular formula is C28H31NO2. The maximum absolute atomic E-state index is 11.6. The Morgan fingerprint density at radius 1 is 0.774 bits per heavy atom. The van der Waals surface area contributed by atoms with Crippen molar-refractivity contribution >= 4 is 23.0 Å². The number of aryl methyl sites for hydroxylation is 4. The van der Waals surface area contributed by atoms with Crippen LogP contribution in [0.2, 0.25) is 0 Å². The lowest BCUT2D eigenvalue weighted by atomic mass is 10.0. The Kier molecular flexibility index (Phi) is 6.96. The minimum absolute atomic E-state index is 0.340. The van der Waals surface area contributed by atoms with Gasteiger partial charge in [-0.25, -0.2) is 4.79 Å². The van der Waals surface area contributed by atoms with Crippen LogP contribution < -0.4 is 4.90 Å². The van der Waals surface area contributed by atoms with Gasteiger partial charge < -0.3 is 9.64 Å². The predicted molar refractivity (Wildman–Crippen MR) is 130 cm³/mol. The molecule has 160 valence electrons. The van der Waals surface area contributed by atoms with Crippen LogP contribution in [0.1, 0.15) is 34.7 Å². The number of hydrogen-bond acceptors (Lipinski definition) is 3. The van der Waals surface area contributed by atoms with Crippen molar-refractivity contribution in [3.8, 4) is 0 Å². The van der Waals surface area contributed by atoms with E-state index in [0.717, 1.165) is 22.6 Å². The number of ether oxygens (including phenoxy) is 1. The quantitative estimate of drug-likeness (QED) is 0.307. The first-order valence-electron chi connectivity index (χ1n) is 10.6. The Hall–Kier alpha value is -3.33. The van der Waals surface area contributed by atoms with E-state index in [2.05, 4.69) is 99.8 Å². The zero-order chi connectivity index (χ0) is 22.5. The zero-order valence-corrected chi connectivity index (χ0v) is 19.2. The minimum Gasteiger partial charge on any atom is -0.462 e. The highest BCUT2D eigenvalue weighted by Crippen LogP contribution is 2.36. The van der Waals surface area contributed by atoms with E-state index in [9.17, 15) is 4.79 Å². The Morgan fingerprint density at radius 3 is 1.71 bits per heavy atom. The molecule has 0 radical (unpaired) electrons. The molecule has 3 heteroatoms. The molecule has 0 aliphatic carbocycles. The molecule has 0 spiro atoms. The fraction of sp³-hybridized carbons (Fsp3) is 0.250. The lowest BCUT2D eigenvalue weighted by Gasteiger charge is -2.27. The Bertz CT molecular complexity index is 1040. The second-order valence-corrected chi connectivity index (χ2v) is 8.21. The average molecular weight is 414 g/mol. The van der Waals surface area contributed by atoms with Crippen molar-refractivity contribution in [1.29, 1.82) is 0 Å². The van der Waals surface area contributed by atoms with Crippen LogP contribution in [0.5, 0.6) is 0 Å². The van der Waals surface area contributed by atoms with Gasteiger partial charge in [0.05, 0.1) is 6.61 Å². The Labute approximate surface area is 186 Å². The molecule has 0 saturated carbocycles. The first-order valence-corrected chi connectivity index (χ1v) is 10.6. The summed E-state index contributed by atoms with van der Waals surface area (Å²) in [5.74, 6) is -0.340. The summed E-state index contributed by atoms with van der Waals surface area (Å²) in [6.07, 6.45) is 0.673. The summed E-state index contributed by atoms with van der Waals surface area (Å²) in [7, 11) is 0. The Balaban J connectivity index is 1.90. The predicted octanol–water partition coefficient (Wildman–Crippen LogP) is 7.05. The number of rotatable bonds is 7. The number of hydrogen-bond donors (Lipinski definition) is 0. The van der Waals surface area contributed by atoms with Gasteiger partial charge in [0.25, 0.3) is 0 Å². The van der Waals surface area contributed by atoms with Crippen molar-refractivity contribution < 1.29 is 9.53 Å². The SMILES string of the molecule is C=C(C)C(=O)OCCc1ccc(N(c2ccc(C)c(C)c2)c2ccc(C)c(C)c2)cc1. The molecule has 0 aromatic heterocycles. The van der Waals surface area contributed by atoms with Crippen LogP contribution in [0.4, 0.5) is 17.1 Å². The van der Waals surface area contributed by atoms with Crippen LogP contribution in [0.15, 0.2) is 72.8 Å². The smallest absolute Gasteiger partial charge is 0.333 e. The van der Waals surface area contributed by atoms with E-state index in [-0.39, 0.29) is 5.97 Å². The van der Waals surface area contributed by atoms with Gasteiger partial charge in [0.1, 0.15) is 0 Å². The van der Waals surface area contributed by atoms with Crippen molar-refractivity contribution in [2.75, 3.05) is 11.5 Å². The topological polar surface area (TPSA) is 29.5 Å². The average Bonchev–Trinajstić information content (AvgIpc) is 2.74. The molecule has 3 rings (SSSR count). The van der Waals surface area contributed by atoms with Crippen LogP contribution in [-0.2, 0) is 16.0 Å². The molecular weight excluding hydrogens is 382 g/mol. The molecule has 0 atom stereocenters. The van der Waals surface area contributed by atoms with E-state index in [4.69, 9.17) is 4.74 Å². The number of carbonyl (C=O) groups excluding carboxylic acids is 1. The van der Waals surface area contributed by atoms with Gasteiger partial charge in [0, 0.05) is 29.1 Å². The van der Waals surface area contributed by atoms with Gasteiger partial charge in [0.2, 0.25) is 0 Å². The molecule has 3 nitrogen and oxygen atoms in total. The van der Waals surface area contributed by atoms with Crippen LogP contribution in [-0.4, -0.2) is 12.6 Å². The van der Waals surface area contributed by atoms with Gasteiger partial charge in [-0.3, -0.25) is 0 Å². The first kappa shape index (κ1) is 22.4. The van der Waals surface area contributed by atoms with E-state index in [0.29, 0.717) is 18.6 Å². The van der Waals surface area contributed by atoms with Crippen LogP contribution in [0.3, 0.4) is 0 Å². The van der Waals surface area contributed by atoms with Crippen molar-refractivity contribution in [2.45, 2.75) is 41.0 Å². The van der Waals surface area contributed by atoms with Gasteiger partial charge >= 0.3 is 5.97 Å². The summed E-state index contributed by atoms with van der Waals surface area (Å²) in [5, 5.41) is 0. The van der Waals surface area contributed by atoms with E-state index in [1.165, 1.54) is 22.3 Å². The molecule has 3 aromatic rings. The van der Waals surface area contributed by atoms with E-state index in [1.807, 2.05) is 0 Å². The molecule has 0 amide bonds. The van der Waals surface area contributed by atoms with E-state index in [1.54, 1.807) is 6.92 Å².